The Morgan fingerprint density at radius 2 is 1.50 bits per heavy atom. The molecular weight excluding hydrogens is 422 g/mol. The number of ether oxygens (including phenoxy) is 1. The van der Waals surface area contributed by atoms with E-state index in [-0.39, 0.29) is 36.0 Å². The largest absolute Gasteiger partial charge is 0.485 e. The van der Waals surface area contributed by atoms with Gasteiger partial charge in [-0.05, 0) is 49.2 Å². The van der Waals surface area contributed by atoms with Crippen LogP contribution in [0.5, 0.6) is 5.75 Å². The minimum Gasteiger partial charge on any atom is -0.485 e. The van der Waals surface area contributed by atoms with Gasteiger partial charge in [0.1, 0.15) is 5.75 Å². The minimum absolute atomic E-state index is 0.0849. The first kappa shape index (κ1) is 18.6. The molecule has 0 bridgehead atoms. The van der Waals surface area contributed by atoms with Crippen molar-refractivity contribution >= 4 is 39.2 Å². The van der Waals surface area contributed by atoms with Gasteiger partial charge in [0.2, 0.25) is 11.8 Å². The smallest absolute Gasteiger partial charge is 0.238 e. The maximum absolute atomic E-state index is 12.6. The summed E-state index contributed by atoms with van der Waals surface area (Å²) in [6.07, 6.45) is 5.17. The number of anilines is 1. The highest BCUT2D eigenvalue weighted by Gasteiger charge is 2.47. The van der Waals surface area contributed by atoms with Crippen LogP contribution >= 0.6 is 15.9 Å². The van der Waals surface area contributed by atoms with Crippen LogP contribution in [0.2, 0.25) is 0 Å². The van der Waals surface area contributed by atoms with Gasteiger partial charge < -0.3 is 4.74 Å². The zero-order valence-electron chi connectivity index (χ0n) is 15.0. The molecule has 1 fully saturated rings. The zero-order chi connectivity index (χ0) is 19.7. The number of amides is 2. The lowest BCUT2D eigenvalue weighted by atomic mass is 9.85. The van der Waals surface area contributed by atoms with Gasteiger partial charge in [-0.3, -0.25) is 19.3 Å². The Morgan fingerprint density at radius 1 is 0.929 bits per heavy atom. The van der Waals surface area contributed by atoms with Crippen molar-refractivity contribution in [1.82, 2.24) is 0 Å². The number of benzene rings is 2. The third-order valence-corrected chi connectivity index (χ3v) is 5.67. The molecule has 2 amide bonds. The number of carbonyl (C=O) groups excluding carboxylic acids is 3. The number of carbonyl (C=O) groups is 3. The second-order valence-corrected chi connectivity index (χ2v) is 7.80. The SMILES string of the molecule is O=C(COc1ccc(N2C(=O)[C@H]3CC=CC[C@@H]3C2=O)cc1)c1ccc(Br)cc1. The fourth-order valence-electron chi connectivity index (χ4n) is 3.61. The van der Waals surface area contributed by atoms with Crippen LogP contribution in [0.1, 0.15) is 23.2 Å². The Hall–Kier alpha value is -2.73. The van der Waals surface area contributed by atoms with Crippen molar-refractivity contribution in [2.45, 2.75) is 12.8 Å². The van der Waals surface area contributed by atoms with Gasteiger partial charge in [0, 0.05) is 10.0 Å². The predicted octanol–water partition coefficient (Wildman–Crippen LogP) is 4.17. The Bertz CT molecular complexity index is 924. The Balaban J connectivity index is 1.41. The van der Waals surface area contributed by atoms with Crippen molar-refractivity contribution in [3.63, 3.8) is 0 Å². The van der Waals surface area contributed by atoms with Gasteiger partial charge in [-0.2, -0.15) is 0 Å². The summed E-state index contributed by atoms with van der Waals surface area (Å²) in [5, 5.41) is 0. The van der Waals surface area contributed by atoms with E-state index in [1.54, 1.807) is 48.5 Å². The van der Waals surface area contributed by atoms with E-state index in [4.69, 9.17) is 4.74 Å². The van der Waals surface area contributed by atoms with E-state index >= 15 is 0 Å². The first-order chi connectivity index (χ1) is 13.5. The second kappa shape index (κ2) is 7.72. The first-order valence-electron chi connectivity index (χ1n) is 9.09. The molecule has 4 rings (SSSR count). The van der Waals surface area contributed by atoms with Crippen molar-refractivity contribution < 1.29 is 19.1 Å². The molecule has 0 saturated carbocycles. The topological polar surface area (TPSA) is 63.7 Å². The lowest BCUT2D eigenvalue weighted by Gasteiger charge is -2.15. The Kier molecular flexibility index (Phi) is 5.13. The van der Waals surface area contributed by atoms with Crippen LogP contribution in [-0.2, 0) is 9.59 Å². The van der Waals surface area contributed by atoms with E-state index in [1.165, 1.54) is 4.90 Å². The molecule has 1 aliphatic heterocycles. The number of Topliss-reactive ketones (excluding diaryl/α,β-unsaturated/α-hetero) is 1. The van der Waals surface area contributed by atoms with E-state index in [9.17, 15) is 14.4 Å². The summed E-state index contributed by atoms with van der Waals surface area (Å²) in [5.74, 6) is -0.406. The Morgan fingerprint density at radius 3 is 2.07 bits per heavy atom. The fourth-order valence-corrected chi connectivity index (χ4v) is 3.88. The van der Waals surface area contributed by atoms with Crippen molar-refractivity contribution in [2.24, 2.45) is 11.8 Å². The maximum Gasteiger partial charge on any atom is 0.238 e. The van der Waals surface area contributed by atoms with Gasteiger partial charge in [-0.25, -0.2) is 0 Å². The van der Waals surface area contributed by atoms with Gasteiger partial charge in [0.25, 0.3) is 0 Å². The zero-order valence-corrected chi connectivity index (χ0v) is 16.6. The highest BCUT2D eigenvalue weighted by molar-refractivity contribution is 9.10. The molecule has 1 saturated heterocycles. The maximum atomic E-state index is 12.6. The van der Waals surface area contributed by atoms with Gasteiger partial charge in [-0.15, -0.1) is 0 Å². The second-order valence-electron chi connectivity index (χ2n) is 6.88. The third-order valence-electron chi connectivity index (χ3n) is 5.14. The van der Waals surface area contributed by atoms with E-state index in [1.807, 2.05) is 12.2 Å². The summed E-state index contributed by atoms with van der Waals surface area (Å²) in [6.45, 7) is -0.0849. The van der Waals surface area contributed by atoms with E-state index in [0.29, 0.717) is 29.8 Å². The number of nitrogens with zero attached hydrogens (tertiary/aromatic N) is 1. The van der Waals surface area contributed by atoms with Crippen LogP contribution in [0.3, 0.4) is 0 Å². The molecule has 1 heterocycles. The highest BCUT2D eigenvalue weighted by Crippen LogP contribution is 2.37. The molecule has 0 unspecified atom stereocenters. The summed E-state index contributed by atoms with van der Waals surface area (Å²) >= 11 is 3.34. The summed E-state index contributed by atoms with van der Waals surface area (Å²) in [5.41, 5.74) is 1.11. The van der Waals surface area contributed by atoms with Gasteiger partial charge >= 0.3 is 0 Å². The minimum atomic E-state index is -0.253. The van der Waals surface area contributed by atoms with Crippen molar-refractivity contribution in [3.8, 4) is 5.75 Å². The first-order valence-corrected chi connectivity index (χ1v) is 9.88. The molecule has 2 aromatic rings. The van der Waals surface area contributed by atoms with Crippen LogP contribution < -0.4 is 9.64 Å². The molecule has 5 nitrogen and oxygen atoms in total. The van der Waals surface area contributed by atoms with Crippen LogP contribution in [0, 0.1) is 11.8 Å². The van der Waals surface area contributed by atoms with Crippen LogP contribution in [0.25, 0.3) is 0 Å². The van der Waals surface area contributed by atoms with Crippen LogP contribution in [-0.4, -0.2) is 24.2 Å². The third kappa shape index (κ3) is 3.52. The average Bonchev–Trinajstić information content (AvgIpc) is 2.98. The van der Waals surface area contributed by atoms with Gasteiger partial charge in [0.15, 0.2) is 12.4 Å². The number of halogens is 1. The molecule has 2 atom stereocenters. The monoisotopic (exact) mass is 439 g/mol. The number of fused-ring (bicyclic) bond motifs is 1. The summed E-state index contributed by atoms with van der Waals surface area (Å²) in [4.78, 5) is 38.7. The highest BCUT2D eigenvalue weighted by atomic mass is 79.9. The molecule has 1 aliphatic carbocycles. The van der Waals surface area contributed by atoms with Gasteiger partial charge in [-0.1, -0.05) is 40.2 Å². The van der Waals surface area contributed by atoms with E-state index in [0.717, 1.165) is 4.47 Å². The lowest BCUT2D eigenvalue weighted by Crippen LogP contribution is -2.30. The number of allylic oxidation sites excluding steroid dienone is 2. The molecular formula is C22H18BrNO4. The number of ketones is 1. The normalized spacial score (nSPS) is 21.0. The molecule has 2 aromatic carbocycles. The molecule has 0 radical (unpaired) electrons. The average molecular weight is 440 g/mol. The number of imide groups is 1. The van der Waals surface area contributed by atoms with Crippen LogP contribution in [0.4, 0.5) is 5.69 Å². The summed E-state index contributed by atoms with van der Waals surface area (Å²) in [7, 11) is 0. The standard InChI is InChI=1S/C22H18BrNO4/c23-15-7-5-14(6-8-15)20(25)13-28-17-11-9-16(10-12-17)24-21(26)18-3-1-2-4-19(18)22(24)27/h1-2,5-12,18-19H,3-4,13H2/t18-,19-/m0/s1. The fraction of sp³-hybridized carbons (Fsp3) is 0.227. The molecule has 28 heavy (non-hydrogen) atoms. The molecule has 2 aliphatic rings. The molecule has 6 heteroatoms. The molecule has 142 valence electrons. The van der Waals surface area contributed by atoms with Crippen LogP contribution in [0.15, 0.2) is 65.2 Å². The lowest BCUT2D eigenvalue weighted by molar-refractivity contribution is -0.122. The molecule has 0 N–H and O–H groups in total. The Labute approximate surface area is 171 Å². The summed E-state index contributed by atoms with van der Waals surface area (Å²) in [6, 6.07) is 13.8. The van der Waals surface area contributed by atoms with Crippen molar-refractivity contribution in [2.75, 3.05) is 11.5 Å². The van der Waals surface area contributed by atoms with Gasteiger partial charge in [0.05, 0.1) is 17.5 Å². The van der Waals surface area contributed by atoms with Crippen molar-refractivity contribution in [1.29, 1.82) is 0 Å². The number of rotatable bonds is 5. The predicted molar refractivity (Wildman–Crippen MR) is 108 cm³/mol. The molecule has 0 aromatic heterocycles. The number of hydrogen-bond acceptors (Lipinski definition) is 4. The quantitative estimate of drug-likeness (QED) is 0.398. The van der Waals surface area contributed by atoms with Crippen molar-refractivity contribution in [3.05, 3.63) is 70.7 Å². The van der Waals surface area contributed by atoms with E-state index in [2.05, 4.69) is 15.9 Å². The van der Waals surface area contributed by atoms with E-state index < -0.39 is 0 Å². The number of hydrogen-bond donors (Lipinski definition) is 0. The molecule has 0 spiro atoms. The summed E-state index contributed by atoms with van der Waals surface area (Å²) < 4.78 is 6.46.